The van der Waals surface area contributed by atoms with Crippen LogP contribution in [0.15, 0.2) is 13.2 Å². The second kappa shape index (κ2) is 6.53. The molecule has 10 heavy (non-hydrogen) atoms. The number of carbonyl (C=O) groups excluding carboxylic acids is 1. The van der Waals surface area contributed by atoms with E-state index in [1.54, 1.807) is 0 Å². The number of carbonyl (C=O) groups is 1. The van der Waals surface area contributed by atoms with Gasteiger partial charge in [-0.15, -0.1) is 13.2 Å². The first-order valence-electron chi connectivity index (χ1n) is 3.89. The molecule has 1 aliphatic carbocycles. The highest BCUT2D eigenvalue weighted by molar-refractivity contribution is 5.53. The molecule has 0 N–H and O–H groups in total. The predicted octanol–water partition coefficient (Wildman–Crippen LogP) is 2.57. The van der Waals surface area contributed by atoms with E-state index in [1.165, 1.54) is 19.3 Å². The second-order valence-corrected chi connectivity index (χ2v) is 2.53. The molecular weight excluding hydrogens is 124 g/mol. The van der Waals surface area contributed by atoms with Crippen molar-refractivity contribution in [2.75, 3.05) is 0 Å². The van der Waals surface area contributed by atoms with Crippen molar-refractivity contribution in [3.05, 3.63) is 13.2 Å². The first-order chi connectivity index (χ1) is 4.93. The van der Waals surface area contributed by atoms with Crippen molar-refractivity contribution in [2.45, 2.75) is 32.1 Å². The van der Waals surface area contributed by atoms with Gasteiger partial charge in [0.1, 0.15) is 6.29 Å². The molecule has 1 nitrogen and oxygen atoms in total. The van der Waals surface area contributed by atoms with E-state index in [0.717, 1.165) is 19.1 Å². The van der Waals surface area contributed by atoms with Gasteiger partial charge in [0.05, 0.1) is 0 Å². The van der Waals surface area contributed by atoms with Crippen molar-refractivity contribution in [3.63, 3.8) is 0 Å². The van der Waals surface area contributed by atoms with E-state index in [4.69, 9.17) is 0 Å². The van der Waals surface area contributed by atoms with Crippen LogP contribution in [0.3, 0.4) is 0 Å². The zero-order chi connectivity index (χ0) is 7.82. The molecule has 0 aromatic rings. The van der Waals surface area contributed by atoms with Crippen LogP contribution in [-0.2, 0) is 4.79 Å². The minimum Gasteiger partial charge on any atom is -0.303 e. The molecule has 0 saturated heterocycles. The van der Waals surface area contributed by atoms with Crippen molar-refractivity contribution in [1.82, 2.24) is 0 Å². The molecule has 0 atom stereocenters. The highest BCUT2D eigenvalue weighted by Crippen LogP contribution is 2.21. The molecule has 58 valence electrons. The fraction of sp³-hybridized carbons (Fsp3) is 0.667. The van der Waals surface area contributed by atoms with Crippen molar-refractivity contribution in [3.8, 4) is 0 Å². The summed E-state index contributed by atoms with van der Waals surface area (Å²) < 4.78 is 0. The summed E-state index contributed by atoms with van der Waals surface area (Å²) in [4.78, 5) is 10.2. The molecule has 0 aromatic heterocycles. The minimum absolute atomic E-state index is 0.406. The van der Waals surface area contributed by atoms with E-state index in [1.807, 2.05) is 0 Å². The van der Waals surface area contributed by atoms with Gasteiger partial charge in [-0.2, -0.15) is 0 Å². The predicted molar refractivity (Wildman–Crippen MR) is 43.9 cm³/mol. The molecule has 1 fully saturated rings. The van der Waals surface area contributed by atoms with E-state index in [9.17, 15) is 4.79 Å². The lowest BCUT2D eigenvalue weighted by atomic mass is 9.91. The average molecular weight is 140 g/mol. The summed E-state index contributed by atoms with van der Waals surface area (Å²) in [6, 6.07) is 0. The smallest absolute Gasteiger partial charge is 0.123 e. The van der Waals surface area contributed by atoms with Crippen LogP contribution in [0.25, 0.3) is 0 Å². The monoisotopic (exact) mass is 140 g/mol. The van der Waals surface area contributed by atoms with E-state index >= 15 is 0 Å². The summed E-state index contributed by atoms with van der Waals surface area (Å²) >= 11 is 0. The van der Waals surface area contributed by atoms with Gasteiger partial charge in [0.2, 0.25) is 0 Å². The fourth-order valence-corrected chi connectivity index (χ4v) is 1.27. The molecular formula is C9H16O. The molecule has 0 bridgehead atoms. The maximum atomic E-state index is 10.2. The Balaban J connectivity index is 0.000000371. The summed E-state index contributed by atoms with van der Waals surface area (Å²) in [5.74, 6) is 0.406. The Bertz CT molecular complexity index is 82.7. The summed E-state index contributed by atoms with van der Waals surface area (Å²) in [7, 11) is 0. The number of hydrogen-bond acceptors (Lipinski definition) is 1. The standard InChI is InChI=1S/C7H12O.C2H4/c8-6-7-4-2-1-3-5-7;1-2/h6-7H,1-5H2;1-2H2. The van der Waals surface area contributed by atoms with Crippen LogP contribution in [-0.4, -0.2) is 6.29 Å². The van der Waals surface area contributed by atoms with Crippen molar-refractivity contribution in [1.29, 1.82) is 0 Å². The summed E-state index contributed by atoms with van der Waals surface area (Å²) in [6.45, 7) is 6.00. The first kappa shape index (κ1) is 9.41. The molecule has 0 spiro atoms. The van der Waals surface area contributed by atoms with Crippen molar-refractivity contribution >= 4 is 6.29 Å². The van der Waals surface area contributed by atoms with Gasteiger partial charge in [-0.25, -0.2) is 0 Å². The maximum Gasteiger partial charge on any atom is 0.123 e. The summed E-state index contributed by atoms with van der Waals surface area (Å²) in [5, 5.41) is 0. The Morgan fingerprint density at radius 3 is 1.90 bits per heavy atom. The Kier molecular flexibility index (Phi) is 6.14. The van der Waals surface area contributed by atoms with Crippen molar-refractivity contribution < 1.29 is 4.79 Å². The normalized spacial score (nSPS) is 18.8. The van der Waals surface area contributed by atoms with Gasteiger partial charge in [0.15, 0.2) is 0 Å². The number of aldehydes is 1. The van der Waals surface area contributed by atoms with Crippen LogP contribution < -0.4 is 0 Å². The Hall–Kier alpha value is -0.590. The maximum absolute atomic E-state index is 10.2. The lowest BCUT2D eigenvalue weighted by Gasteiger charge is -2.14. The Morgan fingerprint density at radius 2 is 1.60 bits per heavy atom. The number of hydrogen-bond donors (Lipinski definition) is 0. The Morgan fingerprint density at radius 1 is 1.10 bits per heavy atom. The third-order valence-electron chi connectivity index (χ3n) is 1.84. The first-order valence-corrected chi connectivity index (χ1v) is 3.89. The molecule has 1 heteroatoms. The molecule has 0 unspecified atom stereocenters. The zero-order valence-corrected chi connectivity index (χ0v) is 6.51. The average Bonchev–Trinajstić information content (AvgIpc) is 2.10. The summed E-state index contributed by atoms with van der Waals surface area (Å²) in [6.07, 6.45) is 7.27. The van der Waals surface area contributed by atoms with Gasteiger partial charge >= 0.3 is 0 Å². The number of rotatable bonds is 1. The van der Waals surface area contributed by atoms with Crippen LogP contribution in [0, 0.1) is 5.92 Å². The Labute approximate surface area is 63.1 Å². The van der Waals surface area contributed by atoms with Gasteiger partial charge in [-0.3, -0.25) is 0 Å². The second-order valence-electron chi connectivity index (χ2n) is 2.53. The molecule has 0 radical (unpaired) electrons. The largest absolute Gasteiger partial charge is 0.303 e. The van der Waals surface area contributed by atoms with Crippen LogP contribution in [0.2, 0.25) is 0 Å². The third kappa shape index (κ3) is 3.44. The van der Waals surface area contributed by atoms with Crippen molar-refractivity contribution in [2.24, 2.45) is 5.92 Å². The molecule has 1 saturated carbocycles. The topological polar surface area (TPSA) is 17.1 Å². The SMILES string of the molecule is C=C.O=CC1CCCCC1. The third-order valence-corrected chi connectivity index (χ3v) is 1.84. The molecule has 0 aromatic carbocycles. The van der Waals surface area contributed by atoms with Gasteiger partial charge < -0.3 is 4.79 Å². The molecule has 0 heterocycles. The summed E-state index contributed by atoms with van der Waals surface area (Å²) in [5.41, 5.74) is 0. The van der Waals surface area contributed by atoms with Crippen LogP contribution in [0.4, 0.5) is 0 Å². The molecule has 0 amide bonds. The molecule has 0 aliphatic heterocycles. The van der Waals surface area contributed by atoms with Crippen LogP contribution in [0.1, 0.15) is 32.1 Å². The van der Waals surface area contributed by atoms with Crippen LogP contribution in [0.5, 0.6) is 0 Å². The lowest BCUT2D eigenvalue weighted by Crippen LogP contribution is -2.06. The highest BCUT2D eigenvalue weighted by Gasteiger charge is 2.10. The van der Waals surface area contributed by atoms with E-state index in [-0.39, 0.29) is 0 Å². The fourth-order valence-electron chi connectivity index (χ4n) is 1.27. The quantitative estimate of drug-likeness (QED) is 0.404. The van der Waals surface area contributed by atoms with Gasteiger partial charge in [-0.1, -0.05) is 19.3 Å². The van der Waals surface area contributed by atoms with Gasteiger partial charge in [-0.05, 0) is 12.8 Å². The minimum atomic E-state index is 0.406. The highest BCUT2D eigenvalue weighted by atomic mass is 16.1. The van der Waals surface area contributed by atoms with Gasteiger partial charge in [0, 0.05) is 5.92 Å². The van der Waals surface area contributed by atoms with E-state index in [2.05, 4.69) is 13.2 Å². The van der Waals surface area contributed by atoms with Gasteiger partial charge in [0.25, 0.3) is 0 Å². The molecule has 1 aliphatic rings. The van der Waals surface area contributed by atoms with E-state index < -0.39 is 0 Å². The lowest BCUT2D eigenvalue weighted by molar-refractivity contribution is -0.111. The molecule has 1 rings (SSSR count). The zero-order valence-electron chi connectivity index (χ0n) is 6.51. The van der Waals surface area contributed by atoms with Crippen LogP contribution >= 0.6 is 0 Å². The van der Waals surface area contributed by atoms with E-state index in [0.29, 0.717) is 5.92 Å².